The number of hydrogen-bond donors (Lipinski definition) is 2. The lowest BCUT2D eigenvalue weighted by atomic mass is 10.2. The van der Waals surface area contributed by atoms with E-state index < -0.39 is 11.9 Å². The number of carbonyl (C=O) groups excluding carboxylic acids is 2. The molecule has 180 valence electrons. The van der Waals surface area contributed by atoms with E-state index in [-0.39, 0.29) is 22.4 Å². The maximum Gasteiger partial charge on any atom is 0.278 e. The molecular weight excluding hydrogens is 473 g/mol. The highest BCUT2D eigenvalue weighted by Crippen LogP contribution is 2.27. The third-order valence-electron chi connectivity index (χ3n) is 5.46. The van der Waals surface area contributed by atoms with Crippen molar-refractivity contribution in [3.05, 3.63) is 82.1 Å². The van der Waals surface area contributed by atoms with Crippen LogP contribution in [0, 0.1) is 26.6 Å². The number of carbonyl (C=O) groups is 2. The number of nitrogens with zero attached hydrogens (tertiary/aromatic N) is 5. The van der Waals surface area contributed by atoms with Crippen molar-refractivity contribution in [1.29, 1.82) is 0 Å². The minimum absolute atomic E-state index is 0.113. The number of hydrogen-bond acceptors (Lipinski definition) is 5. The monoisotopic (exact) mass is 495 g/mol. The van der Waals surface area contributed by atoms with E-state index in [1.165, 1.54) is 22.9 Å². The Bertz CT molecular complexity index is 1410. The predicted octanol–water partition coefficient (Wildman–Crippen LogP) is 4.63. The first-order chi connectivity index (χ1) is 16.6. The Labute approximate surface area is 205 Å². The fourth-order valence-corrected chi connectivity index (χ4v) is 3.87. The van der Waals surface area contributed by atoms with Crippen LogP contribution in [0.15, 0.2) is 48.5 Å². The fourth-order valence-electron chi connectivity index (χ4n) is 3.64. The number of aryl methyl sites for hydroxylation is 2. The van der Waals surface area contributed by atoms with Crippen LogP contribution in [0.3, 0.4) is 0 Å². The molecule has 0 aliphatic carbocycles. The quantitative estimate of drug-likeness (QED) is 0.405. The van der Waals surface area contributed by atoms with Gasteiger partial charge in [0.1, 0.15) is 11.9 Å². The zero-order chi connectivity index (χ0) is 25.3. The topological polar surface area (TPSA) is 107 Å². The Morgan fingerprint density at radius 1 is 1.03 bits per heavy atom. The van der Waals surface area contributed by atoms with Crippen molar-refractivity contribution in [3.8, 4) is 5.69 Å². The van der Waals surface area contributed by atoms with Crippen molar-refractivity contribution in [2.75, 3.05) is 10.6 Å². The summed E-state index contributed by atoms with van der Waals surface area (Å²) in [4.78, 5) is 25.5. The van der Waals surface area contributed by atoms with Gasteiger partial charge in [0.15, 0.2) is 5.69 Å². The van der Waals surface area contributed by atoms with Crippen LogP contribution in [-0.2, 0) is 4.79 Å². The molecule has 0 aliphatic rings. The van der Waals surface area contributed by atoms with Crippen molar-refractivity contribution in [3.63, 3.8) is 0 Å². The summed E-state index contributed by atoms with van der Waals surface area (Å²) in [5, 5.41) is 18.1. The Morgan fingerprint density at radius 2 is 1.74 bits per heavy atom. The number of nitrogens with one attached hydrogen (secondary N) is 2. The predicted molar refractivity (Wildman–Crippen MR) is 131 cm³/mol. The van der Waals surface area contributed by atoms with Crippen molar-refractivity contribution in [2.45, 2.75) is 33.7 Å². The van der Waals surface area contributed by atoms with Gasteiger partial charge in [-0.1, -0.05) is 16.8 Å². The molecule has 0 radical (unpaired) electrons. The summed E-state index contributed by atoms with van der Waals surface area (Å²) in [5.74, 6) is -1.13. The van der Waals surface area contributed by atoms with Gasteiger partial charge < -0.3 is 10.6 Å². The van der Waals surface area contributed by atoms with Crippen LogP contribution >= 0.6 is 11.6 Å². The highest BCUT2D eigenvalue weighted by molar-refractivity contribution is 6.34. The van der Waals surface area contributed by atoms with Crippen LogP contribution in [0.1, 0.15) is 40.5 Å². The first-order valence-corrected chi connectivity index (χ1v) is 11.1. The smallest absolute Gasteiger partial charge is 0.278 e. The standard InChI is InChI=1S/C24H23ClFN7O2/c1-13-11-14(2)32(30-13)16(4)23(34)28-21-10-7-18(12-20(21)25)27-24(35)22-15(3)33(31-29-22)19-8-5-17(26)6-9-19/h5-12,16H,1-4H3,(H,27,35)(H,28,34). The number of rotatable bonds is 6. The van der Waals surface area contributed by atoms with Crippen LogP contribution < -0.4 is 10.6 Å². The van der Waals surface area contributed by atoms with Gasteiger partial charge in [-0.15, -0.1) is 5.10 Å². The maximum absolute atomic E-state index is 13.2. The molecule has 0 saturated heterocycles. The van der Waals surface area contributed by atoms with E-state index in [1.54, 1.807) is 42.8 Å². The van der Waals surface area contributed by atoms with Gasteiger partial charge in [-0.3, -0.25) is 14.3 Å². The number of halogens is 2. The van der Waals surface area contributed by atoms with Crippen LogP contribution in [0.5, 0.6) is 0 Å². The molecule has 2 heterocycles. The van der Waals surface area contributed by atoms with Gasteiger partial charge in [-0.25, -0.2) is 9.07 Å². The lowest BCUT2D eigenvalue weighted by Crippen LogP contribution is -2.25. The third kappa shape index (κ3) is 5.07. The second-order valence-corrected chi connectivity index (χ2v) is 8.50. The zero-order valence-electron chi connectivity index (χ0n) is 19.5. The Hall–Kier alpha value is -4.05. The molecule has 35 heavy (non-hydrogen) atoms. The molecule has 2 amide bonds. The molecule has 2 N–H and O–H groups in total. The van der Waals surface area contributed by atoms with Crippen LogP contribution in [0.2, 0.25) is 5.02 Å². The van der Waals surface area contributed by atoms with Crippen LogP contribution in [0.4, 0.5) is 15.8 Å². The lowest BCUT2D eigenvalue weighted by Gasteiger charge is -2.15. The van der Waals surface area contributed by atoms with Gasteiger partial charge >= 0.3 is 0 Å². The van der Waals surface area contributed by atoms with E-state index in [0.717, 1.165) is 11.4 Å². The maximum atomic E-state index is 13.2. The highest BCUT2D eigenvalue weighted by atomic mass is 35.5. The zero-order valence-corrected chi connectivity index (χ0v) is 20.3. The van der Waals surface area contributed by atoms with Crippen LogP contribution in [0.25, 0.3) is 5.69 Å². The van der Waals surface area contributed by atoms with E-state index in [0.29, 0.717) is 22.8 Å². The van der Waals surface area contributed by atoms with Gasteiger partial charge in [0.05, 0.1) is 27.8 Å². The third-order valence-corrected chi connectivity index (χ3v) is 5.77. The number of anilines is 2. The van der Waals surface area contributed by atoms with E-state index in [9.17, 15) is 14.0 Å². The number of amides is 2. The average molecular weight is 496 g/mol. The van der Waals surface area contributed by atoms with Gasteiger partial charge in [0.25, 0.3) is 5.91 Å². The summed E-state index contributed by atoms with van der Waals surface area (Å²) < 4.78 is 16.3. The van der Waals surface area contributed by atoms with E-state index in [4.69, 9.17) is 11.6 Å². The van der Waals surface area contributed by atoms with Gasteiger partial charge in [-0.05, 0) is 76.2 Å². The Morgan fingerprint density at radius 3 is 2.37 bits per heavy atom. The summed E-state index contributed by atoms with van der Waals surface area (Å²) in [6.45, 7) is 7.18. The molecule has 4 rings (SSSR count). The second kappa shape index (κ2) is 9.67. The molecule has 4 aromatic rings. The summed E-state index contributed by atoms with van der Waals surface area (Å²) in [6, 6.07) is 11.8. The second-order valence-electron chi connectivity index (χ2n) is 8.10. The van der Waals surface area contributed by atoms with Crippen molar-refractivity contribution < 1.29 is 14.0 Å². The average Bonchev–Trinajstić information content (AvgIpc) is 3.36. The SMILES string of the molecule is Cc1cc(C)n(C(C)C(=O)Nc2ccc(NC(=O)c3nnn(-c4ccc(F)cc4)c3C)cc2Cl)n1. The number of aromatic nitrogens is 5. The minimum atomic E-state index is -0.536. The molecule has 9 nitrogen and oxygen atoms in total. The van der Waals surface area contributed by atoms with Crippen molar-refractivity contribution in [2.24, 2.45) is 0 Å². The Kier molecular flexibility index (Phi) is 6.65. The lowest BCUT2D eigenvalue weighted by molar-refractivity contribution is -0.119. The van der Waals surface area contributed by atoms with E-state index in [1.807, 2.05) is 19.9 Å². The molecule has 1 atom stereocenters. The molecule has 0 fully saturated rings. The largest absolute Gasteiger partial charge is 0.323 e. The van der Waals surface area contributed by atoms with Gasteiger partial charge in [0.2, 0.25) is 5.91 Å². The normalized spacial score (nSPS) is 11.8. The summed E-state index contributed by atoms with van der Waals surface area (Å²) in [5.41, 5.74) is 3.70. The first kappa shape index (κ1) is 24.1. The molecule has 2 aromatic carbocycles. The van der Waals surface area contributed by atoms with Crippen molar-refractivity contribution >= 4 is 34.8 Å². The summed E-state index contributed by atoms with van der Waals surface area (Å²) in [7, 11) is 0. The van der Waals surface area contributed by atoms with E-state index in [2.05, 4.69) is 26.0 Å². The fraction of sp³-hybridized carbons (Fsp3) is 0.208. The highest BCUT2D eigenvalue weighted by Gasteiger charge is 2.20. The first-order valence-electron chi connectivity index (χ1n) is 10.8. The minimum Gasteiger partial charge on any atom is -0.323 e. The molecule has 0 saturated carbocycles. The molecule has 0 aliphatic heterocycles. The van der Waals surface area contributed by atoms with E-state index >= 15 is 0 Å². The summed E-state index contributed by atoms with van der Waals surface area (Å²) >= 11 is 6.37. The molecule has 0 spiro atoms. The molecular formula is C24H23ClFN7O2. The molecule has 0 bridgehead atoms. The Balaban J connectivity index is 1.45. The number of benzene rings is 2. The molecule has 1 unspecified atom stereocenters. The molecule has 2 aromatic heterocycles. The van der Waals surface area contributed by atoms with Gasteiger partial charge in [0, 0.05) is 11.4 Å². The van der Waals surface area contributed by atoms with Crippen LogP contribution in [-0.4, -0.2) is 36.6 Å². The molecule has 11 heteroatoms. The van der Waals surface area contributed by atoms with Crippen molar-refractivity contribution in [1.82, 2.24) is 24.8 Å². The summed E-state index contributed by atoms with van der Waals surface area (Å²) in [6.07, 6.45) is 0. The van der Waals surface area contributed by atoms with Gasteiger partial charge in [-0.2, -0.15) is 5.10 Å².